The zero-order valence-corrected chi connectivity index (χ0v) is 19.9. The largest absolute Gasteiger partial charge is 0.494 e. The van der Waals surface area contributed by atoms with Crippen LogP contribution in [-0.4, -0.2) is 30.5 Å². The van der Waals surface area contributed by atoms with Crippen molar-refractivity contribution in [3.63, 3.8) is 0 Å². The highest BCUT2D eigenvalue weighted by atomic mass is 32.1. The summed E-state index contributed by atoms with van der Waals surface area (Å²) in [5.41, 5.74) is 2.38. The van der Waals surface area contributed by atoms with Gasteiger partial charge in [-0.2, -0.15) is 0 Å². The molecule has 32 heavy (non-hydrogen) atoms. The summed E-state index contributed by atoms with van der Waals surface area (Å²) < 4.78 is 11.0. The molecule has 3 heterocycles. The maximum absolute atomic E-state index is 12.8. The fourth-order valence-corrected chi connectivity index (χ4v) is 5.32. The van der Waals surface area contributed by atoms with Gasteiger partial charge >= 0.3 is 0 Å². The molecule has 0 aliphatic carbocycles. The molecule has 5 nitrogen and oxygen atoms in total. The van der Waals surface area contributed by atoms with Gasteiger partial charge in [-0.1, -0.05) is 26.0 Å². The maximum Gasteiger partial charge on any atom is 0.291 e. The summed E-state index contributed by atoms with van der Waals surface area (Å²) in [7, 11) is 0. The second-order valence-corrected chi connectivity index (χ2v) is 9.54. The van der Waals surface area contributed by atoms with Crippen LogP contribution in [0.1, 0.15) is 66.2 Å². The number of hydrogen-bond donors (Lipinski definition) is 1. The number of piperidine rings is 1. The number of benzene rings is 1. The van der Waals surface area contributed by atoms with E-state index < -0.39 is 0 Å². The van der Waals surface area contributed by atoms with E-state index in [2.05, 4.69) is 42.3 Å². The average Bonchev–Trinajstić information content (AvgIpc) is 3.47. The van der Waals surface area contributed by atoms with Crippen LogP contribution in [0.4, 0.5) is 5.00 Å². The maximum atomic E-state index is 12.8. The zero-order chi connectivity index (χ0) is 22.5. The quantitative estimate of drug-likeness (QED) is 0.431. The summed E-state index contributed by atoms with van der Waals surface area (Å²) in [5, 5.41) is 4.04. The van der Waals surface area contributed by atoms with Crippen molar-refractivity contribution in [3.05, 3.63) is 70.5 Å². The number of likely N-dealkylation sites (tertiary alicyclic amines) is 1. The smallest absolute Gasteiger partial charge is 0.291 e. The molecule has 1 aliphatic heterocycles. The van der Waals surface area contributed by atoms with E-state index in [1.54, 1.807) is 23.5 Å². The number of nitrogens with one attached hydrogen (secondary N) is 1. The van der Waals surface area contributed by atoms with Crippen molar-refractivity contribution < 1.29 is 13.9 Å². The Bertz CT molecular complexity index is 1000. The van der Waals surface area contributed by atoms with Gasteiger partial charge < -0.3 is 14.5 Å². The molecule has 1 aromatic carbocycles. The van der Waals surface area contributed by atoms with Gasteiger partial charge in [0, 0.05) is 10.4 Å². The number of carbonyl (C=O) groups is 1. The number of ether oxygens (including phenoxy) is 1. The number of amides is 1. The Morgan fingerprint density at radius 2 is 1.97 bits per heavy atom. The topological polar surface area (TPSA) is 54.7 Å². The molecule has 1 aliphatic rings. The first-order valence-corrected chi connectivity index (χ1v) is 12.3. The van der Waals surface area contributed by atoms with Gasteiger partial charge in [0.2, 0.25) is 0 Å². The number of hydrogen-bond acceptors (Lipinski definition) is 5. The van der Waals surface area contributed by atoms with Gasteiger partial charge in [-0.3, -0.25) is 9.69 Å². The number of anilines is 1. The summed E-state index contributed by atoms with van der Waals surface area (Å²) in [5.74, 6) is 1.75. The summed E-state index contributed by atoms with van der Waals surface area (Å²) >= 11 is 1.66. The predicted octanol–water partition coefficient (Wildman–Crippen LogP) is 6.38. The minimum absolute atomic E-state index is 0.0848. The Hall–Kier alpha value is -2.57. The van der Waals surface area contributed by atoms with E-state index in [1.165, 1.54) is 29.5 Å². The third-order valence-electron chi connectivity index (χ3n) is 6.12. The third-order valence-corrected chi connectivity index (χ3v) is 7.33. The van der Waals surface area contributed by atoms with Crippen molar-refractivity contribution in [3.8, 4) is 5.75 Å². The molecular formula is C26H32N2O3S. The molecule has 4 rings (SSSR count). The first-order chi connectivity index (χ1) is 15.6. The lowest BCUT2D eigenvalue weighted by Crippen LogP contribution is -2.37. The first kappa shape index (κ1) is 22.6. The monoisotopic (exact) mass is 452 g/mol. The number of carbonyl (C=O) groups excluding carboxylic acids is 1. The van der Waals surface area contributed by atoms with Crippen molar-refractivity contribution in [2.45, 2.75) is 46.1 Å². The van der Waals surface area contributed by atoms with E-state index in [0.29, 0.717) is 12.4 Å². The number of aryl methyl sites for hydroxylation is 1. The van der Waals surface area contributed by atoms with E-state index in [1.807, 2.05) is 19.1 Å². The van der Waals surface area contributed by atoms with Crippen LogP contribution in [0.5, 0.6) is 5.75 Å². The van der Waals surface area contributed by atoms with Crippen LogP contribution in [0, 0.1) is 5.92 Å². The fraction of sp³-hybridized carbons (Fsp3) is 0.423. The van der Waals surface area contributed by atoms with Gasteiger partial charge in [0.05, 0.1) is 18.9 Å². The lowest BCUT2D eigenvalue weighted by atomic mass is 9.92. The third kappa shape index (κ3) is 5.08. The highest BCUT2D eigenvalue weighted by molar-refractivity contribution is 7.16. The molecule has 6 heteroatoms. The Morgan fingerprint density at radius 3 is 2.59 bits per heavy atom. The highest BCUT2D eigenvalue weighted by Crippen LogP contribution is 2.41. The van der Waals surface area contributed by atoms with Crippen molar-refractivity contribution >= 4 is 22.2 Å². The van der Waals surface area contributed by atoms with Crippen LogP contribution in [0.25, 0.3) is 0 Å². The number of nitrogens with zero attached hydrogens (tertiary/aromatic N) is 1. The molecule has 1 fully saturated rings. The van der Waals surface area contributed by atoms with Gasteiger partial charge in [0.25, 0.3) is 5.91 Å². The number of thiophene rings is 1. The lowest BCUT2D eigenvalue weighted by molar-refractivity contribution is 0.0996. The van der Waals surface area contributed by atoms with E-state index in [9.17, 15) is 4.79 Å². The van der Waals surface area contributed by atoms with Crippen LogP contribution in [0.2, 0.25) is 0 Å². The van der Waals surface area contributed by atoms with Crippen LogP contribution < -0.4 is 10.1 Å². The lowest BCUT2D eigenvalue weighted by Gasteiger charge is -2.37. The molecule has 0 unspecified atom stereocenters. The van der Waals surface area contributed by atoms with Crippen LogP contribution in [0.15, 0.2) is 53.1 Å². The van der Waals surface area contributed by atoms with Gasteiger partial charge in [-0.25, -0.2) is 0 Å². The second-order valence-electron chi connectivity index (χ2n) is 8.41. The normalized spacial score (nSPS) is 16.1. The van der Waals surface area contributed by atoms with E-state index >= 15 is 0 Å². The molecule has 0 bridgehead atoms. The summed E-state index contributed by atoms with van der Waals surface area (Å²) in [6.07, 6.45) is 4.83. The minimum Gasteiger partial charge on any atom is -0.494 e. The first-order valence-electron chi connectivity index (χ1n) is 11.5. The van der Waals surface area contributed by atoms with Crippen molar-refractivity contribution in [1.82, 2.24) is 4.90 Å². The molecule has 0 radical (unpaired) electrons. The Labute approximate surface area is 194 Å². The minimum atomic E-state index is -0.210. The standard InChI is InChI=1S/C26H32N2O3S/c1-4-21-17-22(26(32-21)27-25(29)23-7-6-16-31-23)24(28-14-12-18(3)13-15-28)19-8-10-20(11-9-19)30-5-2/h6-11,16-18,24H,4-5,12-15H2,1-3H3,(H,27,29)/t24-/m0/s1. The van der Waals surface area contributed by atoms with Gasteiger partial charge in [0.1, 0.15) is 10.8 Å². The van der Waals surface area contributed by atoms with Crippen molar-refractivity contribution in [2.24, 2.45) is 5.92 Å². The molecular weight excluding hydrogens is 420 g/mol. The molecule has 0 saturated carbocycles. The predicted molar refractivity (Wildman–Crippen MR) is 130 cm³/mol. The summed E-state index contributed by atoms with van der Waals surface area (Å²) in [6, 6.07) is 14.2. The fourth-order valence-electron chi connectivity index (χ4n) is 4.29. The number of furan rings is 1. The average molecular weight is 453 g/mol. The Kier molecular flexibility index (Phi) is 7.33. The Balaban J connectivity index is 1.71. The van der Waals surface area contributed by atoms with Crippen LogP contribution in [-0.2, 0) is 6.42 Å². The SMILES string of the molecule is CCOc1ccc([C@@H](c2cc(CC)sc2NC(=O)c2ccco2)N2CCC(C)CC2)cc1. The number of rotatable bonds is 8. The van der Waals surface area contributed by atoms with Crippen LogP contribution >= 0.6 is 11.3 Å². The van der Waals surface area contributed by atoms with Gasteiger partial charge in [-0.05, 0) is 81.1 Å². The molecule has 0 spiro atoms. The molecule has 1 amide bonds. The zero-order valence-electron chi connectivity index (χ0n) is 19.1. The van der Waals surface area contributed by atoms with Crippen molar-refractivity contribution in [1.29, 1.82) is 0 Å². The van der Waals surface area contributed by atoms with Gasteiger partial charge in [0.15, 0.2) is 5.76 Å². The molecule has 1 saturated heterocycles. The van der Waals surface area contributed by atoms with Gasteiger partial charge in [-0.15, -0.1) is 11.3 Å². The molecule has 2 aromatic heterocycles. The van der Waals surface area contributed by atoms with Crippen LogP contribution in [0.3, 0.4) is 0 Å². The van der Waals surface area contributed by atoms with Crippen molar-refractivity contribution in [2.75, 3.05) is 25.0 Å². The van der Waals surface area contributed by atoms with E-state index in [-0.39, 0.29) is 11.9 Å². The second kappa shape index (κ2) is 10.4. The summed E-state index contributed by atoms with van der Waals surface area (Å²) in [6.45, 7) is 9.22. The molecule has 3 aromatic rings. The molecule has 1 atom stereocenters. The summed E-state index contributed by atoms with van der Waals surface area (Å²) in [4.78, 5) is 16.6. The molecule has 170 valence electrons. The van der Waals surface area contributed by atoms with E-state index in [0.717, 1.165) is 41.7 Å². The Morgan fingerprint density at radius 1 is 1.22 bits per heavy atom. The highest BCUT2D eigenvalue weighted by Gasteiger charge is 2.30. The molecule has 1 N–H and O–H groups in total. The van der Waals surface area contributed by atoms with E-state index in [4.69, 9.17) is 9.15 Å².